The summed E-state index contributed by atoms with van der Waals surface area (Å²) in [5.41, 5.74) is 2.83. The Morgan fingerprint density at radius 3 is 2.52 bits per heavy atom. The molecule has 1 N–H and O–H groups in total. The number of thioether (sulfide) groups is 1. The summed E-state index contributed by atoms with van der Waals surface area (Å²) in [4.78, 5) is 49.5. The summed E-state index contributed by atoms with van der Waals surface area (Å²) in [5, 5.41) is 8.97. The van der Waals surface area contributed by atoms with Crippen molar-refractivity contribution in [2.45, 2.75) is 33.8 Å². The molecule has 0 spiro atoms. The fraction of sp³-hybridized carbons (Fsp3) is 0.273. The van der Waals surface area contributed by atoms with Crippen LogP contribution in [0.25, 0.3) is 11.8 Å². The Kier molecular flexibility index (Phi) is 6.35. The first-order valence-electron chi connectivity index (χ1n) is 9.56. The molecule has 1 aromatic carbocycles. The largest absolute Gasteiger partial charge is 0.478 e. The van der Waals surface area contributed by atoms with E-state index in [4.69, 9.17) is 4.74 Å². The Labute approximate surface area is 183 Å². The van der Waals surface area contributed by atoms with Crippen molar-refractivity contribution in [1.29, 1.82) is 0 Å². The Morgan fingerprint density at radius 1 is 1.19 bits per heavy atom. The molecule has 1 aliphatic rings. The molecule has 162 valence electrons. The molecule has 0 atom stereocenters. The van der Waals surface area contributed by atoms with Gasteiger partial charge in [-0.05, 0) is 69.3 Å². The van der Waals surface area contributed by atoms with Gasteiger partial charge in [0.25, 0.3) is 11.1 Å². The van der Waals surface area contributed by atoms with Crippen molar-refractivity contribution in [2.75, 3.05) is 6.54 Å². The van der Waals surface area contributed by atoms with Crippen molar-refractivity contribution in [2.24, 2.45) is 0 Å². The average Bonchev–Trinajstić information content (AvgIpc) is 3.11. The molecule has 2 aromatic rings. The van der Waals surface area contributed by atoms with Crippen LogP contribution in [-0.4, -0.2) is 50.3 Å². The highest BCUT2D eigenvalue weighted by molar-refractivity contribution is 8.18. The summed E-state index contributed by atoms with van der Waals surface area (Å²) in [5.74, 6) is -2.26. The maximum atomic E-state index is 12.7. The van der Waals surface area contributed by atoms with Gasteiger partial charge in [-0.1, -0.05) is 12.1 Å². The van der Waals surface area contributed by atoms with E-state index < -0.39 is 29.6 Å². The van der Waals surface area contributed by atoms with Crippen LogP contribution in [0.5, 0.6) is 0 Å². The summed E-state index contributed by atoms with van der Waals surface area (Å²) >= 11 is 0.753. The molecule has 2 heterocycles. The van der Waals surface area contributed by atoms with Crippen LogP contribution in [0.15, 0.2) is 35.2 Å². The molecule has 1 saturated heterocycles. The van der Waals surface area contributed by atoms with Crippen LogP contribution in [0.4, 0.5) is 4.79 Å². The highest BCUT2D eigenvalue weighted by atomic mass is 32.2. The average molecular weight is 442 g/mol. The quantitative estimate of drug-likeness (QED) is 0.536. The molecule has 0 bridgehead atoms. The van der Waals surface area contributed by atoms with Crippen molar-refractivity contribution >= 4 is 40.9 Å². The number of rotatable bonds is 6. The number of para-hydroxylation sites is 1. The van der Waals surface area contributed by atoms with Crippen LogP contribution in [0, 0.1) is 13.8 Å². The van der Waals surface area contributed by atoms with Crippen LogP contribution in [0.1, 0.15) is 41.2 Å². The van der Waals surface area contributed by atoms with Gasteiger partial charge in [0.15, 0.2) is 0 Å². The molecule has 1 aromatic heterocycles. The Balaban J connectivity index is 1.93. The maximum absolute atomic E-state index is 12.7. The van der Waals surface area contributed by atoms with E-state index in [0.717, 1.165) is 28.0 Å². The number of ether oxygens (including phenoxy) is 1. The van der Waals surface area contributed by atoms with E-state index in [1.165, 1.54) is 6.07 Å². The molecule has 1 fully saturated rings. The normalized spacial score (nSPS) is 15.3. The zero-order valence-electron chi connectivity index (χ0n) is 17.5. The zero-order valence-corrected chi connectivity index (χ0v) is 18.4. The first-order valence-corrected chi connectivity index (χ1v) is 10.4. The fourth-order valence-electron chi connectivity index (χ4n) is 3.36. The van der Waals surface area contributed by atoms with E-state index in [2.05, 4.69) is 0 Å². The molecule has 8 nitrogen and oxygen atoms in total. The number of imide groups is 1. The molecular weight excluding hydrogens is 420 g/mol. The molecule has 1 aliphatic heterocycles. The van der Waals surface area contributed by atoms with E-state index >= 15 is 0 Å². The molecule has 31 heavy (non-hydrogen) atoms. The summed E-state index contributed by atoms with van der Waals surface area (Å²) in [6, 6.07) is 8.46. The van der Waals surface area contributed by atoms with E-state index in [1.54, 1.807) is 42.7 Å². The van der Waals surface area contributed by atoms with Gasteiger partial charge in [0.1, 0.15) is 6.54 Å². The predicted octanol–water partition coefficient (Wildman–Crippen LogP) is 3.78. The number of benzene rings is 1. The number of aromatic carboxylic acids is 1. The number of hydrogen-bond donors (Lipinski definition) is 1. The Bertz CT molecular complexity index is 1120. The highest BCUT2D eigenvalue weighted by Gasteiger charge is 2.37. The molecule has 0 unspecified atom stereocenters. The number of carbonyl (C=O) groups excluding carboxylic acids is 3. The summed E-state index contributed by atoms with van der Waals surface area (Å²) in [7, 11) is 0. The number of carboxylic acid groups (broad SMARTS) is 1. The van der Waals surface area contributed by atoms with Gasteiger partial charge in [0.05, 0.1) is 22.3 Å². The lowest BCUT2D eigenvalue weighted by molar-refractivity contribution is -0.149. The van der Waals surface area contributed by atoms with E-state index in [0.29, 0.717) is 11.3 Å². The molecule has 0 saturated carbocycles. The summed E-state index contributed by atoms with van der Waals surface area (Å²) in [6.45, 7) is 6.57. The smallest absolute Gasteiger partial charge is 0.337 e. The molecule has 0 aliphatic carbocycles. The minimum absolute atomic E-state index is 0.153. The van der Waals surface area contributed by atoms with Gasteiger partial charge >= 0.3 is 11.9 Å². The minimum Gasteiger partial charge on any atom is -0.478 e. The van der Waals surface area contributed by atoms with Crippen molar-refractivity contribution in [3.8, 4) is 5.69 Å². The van der Waals surface area contributed by atoms with E-state index in [-0.39, 0.29) is 16.6 Å². The number of aromatic nitrogens is 1. The van der Waals surface area contributed by atoms with E-state index in [1.807, 2.05) is 19.9 Å². The third-order valence-electron chi connectivity index (χ3n) is 4.66. The minimum atomic E-state index is -1.04. The van der Waals surface area contributed by atoms with E-state index in [9.17, 15) is 24.3 Å². The third kappa shape index (κ3) is 4.56. The van der Waals surface area contributed by atoms with Gasteiger partial charge in [-0.25, -0.2) is 4.79 Å². The molecular formula is C22H22N2O6S. The standard InChI is InChI=1S/C22H22N2O6S/c1-12(2)30-19(25)11-23-20(26)18(31-22(23)29)10-15-9-13(3)24(14(15)4)17-8-6-5-7-16(17)21(27)28/h5-10,12H,11H2,1-4H3,(H,27,28)/b18-10+. The third-order valence-corrected chi connectivity index (χ3v) is 5.57. The van der Waals surface area contributed by atoms with Gasteiger partial charge in [0, 0.05) is 11.4 Å². The van der Waals surface area contributed by atoms with Gasteiger partial charge in [-0.2, -0.15) is 0 Å². The lowest BCUT2D eigenvalue weighted by Gasteiger charge is -2.13. The molecule has 2 amide bonds. The second-order valence-corrected chi connectivity index (χ2v) is 8.28. The number of hydrogen-bond acceptors (Lipinski definition) is 6. The van der Waals surface area contributed by atoms with Crippen LogP contribution in [0.2, 0.25) is 0 Å². The number of amides is 2. The predicted molar refractivity (Wildman–Crippen MR) is 116 cm³/mol. The number of carboxylic acids is 1. The first kappa shape index (κ1) is 22.4. The zero-order chi connectivity index (χ0) is 22.9. The topological polar surface area (TPSA) is 106 Å². The SMILES string of the molecule is Cc1cc(/C=C2/SC(=O)N(CC(=O)OC(C)C)C2=O)c(C)n1-c1ccccc1C(=O)O. The number of esters is 1. The van der Waals surface area contributed by atoms with Gasteiger partial charge in [-0.15, -0.1) is 0 Å². The first-order chi connectivity index (χ1) is 14.6. The monoisotopic (exact) mass is 442 g/mol. The maximum Gasteiger partial charge on any atom is 0.337 e. The number of carbonyl (C=O) groups is 4. The van der Waals surface area contributed by atoms with Gasteiger partial charge in [-0.3, -0.25) is 19.3 Å². The second kappa shape index (κ2) is 8.81. The second-order valence-electron chi connectivity index (χ2n) is 7.29. The highest BCUT2D eigenvalue weighted by Crippen LogP contribution is 2.34. The van der Waals surface area contributed by atoms with Crippen molar-refractivity contribution < 1.29 is 29.0 Å². The number of nitrogens with zero attached hydrogens (tertiary/aromatic N) is 2. The summed E-state index contributed by atoms with van der Waals surface area (Å²) < 4.78 is 6.81. The lowest BCUT2D eigenvalue weighted by atomic mass is 10.1. The van der Waals surface area contributed by atoms with Crippen LogP contribution in [0.3, 0.4) is 0 Å². The lowest BCUT2D eigenvalue weighted by Crippen LogP contribution is -2.35. The fourth-order valence-corrected chi connectivity index (χ4v) is 4.19. The van der Waals surface area contributed by atoms with Crippen molar-refractivity contribution in [3.63, 3.8) is 0 Å². The Hall–Kier alpha value is -3.33. The number of aryl methyl sites for hydroxylation is 1. The Morgan fingerprint density at radius 2 is 1.87 bits per heavy atom. The van der Waals surface area contributed by atoms with Gasteiger partial charge < -0.3 is 14.4 Å². The van der Waals surface area contributed by atoms with Crippen LogP contribution >= 0.6 is 11.8 Å². The molecule has 9 heteroatoms. The summed E-state index contributed by atoms with van der Waals surface area (Å²) in [6.07, 6.45) is 1.24. The van der Waals surface area contributed by atoms with Crippen molar-refractivity contribution in [1.82, 2.24) is 9.47 Å². The van der Waals surface area contributed by atoms with Crippen LogP contribution in [-0.2, 0) is 14.3 Å². The molecule has 0 radical (unpaired) electrons. The molecule has 3 rings (SSSR count). The van der Waals surface area contributed by atoms with Crippen LogP contribution < -0.4 is 0 Å². The van der Waals surface area contributed by atoms with Crippen molar-refractivity contribution in [3.05, 3.63) is 57.8 Å². The van der Waals surface area contributed by atoms with Gasteiger partial charge in [0.2, 0.25) is 0 Å².